The van der Waals surface area contributed by atoms with Crippen molar-refractivity contribution in [3.63, 3.8) is 0 Å². The number of nitrogens with one attached hydrogen (secondary N) is 2. The minimum Gasteiger partial charge on any atom is -0.353 e. The van der Waals surface area contributed by atoms with Gasteiger partial charge in [-0.1, -0.05) is 36.4 Å². The van der Waals surface area contributed by atoms with E-state index in [4.69, 9.17) is 9.72 Å². The molecular formula is C28H33N5O4. The zero-order chi connectivity index (χ0) is 26.5. The Kier molecular flexibility index (Phi) is 8.03. The maximum atomic E-state index is 12.7. The zero-order valence-corrected chi connectivity index (χ0v) is 21.6. The minimum absolute atomic E-state index is 0.223. The maximum absolute atomic E-state index is 12.7. The Balaban J connectivity index is 1.28. The second kappa shape index (κ2) is 11.4. The molecule has 3 amide bonds. The number of aryl methyl sites for hydroxylation is 2. The summed E-state index contributed by atoms with van der Waals surface area (Å²) in [6.07, 6.45) is -0.883. The Labute approximate surface area is 216 Å². The molecule has 0 spiro atoms. The molecule has 4 rings (SSSR count). The summed E-state index contributed by atoms with van der Waals surface area (Å²) in [7, 11) is 3.28. The fourth-order valence-electron chi connectivity index (χ4n) is 4.30. The van der Waals surface area contributed by atoms with Crippen LogP contribution in [0, 0.1) is 13.8 Å². The molecule has 0 aliphatic carbocycles. The number of aromatic nitrogens is 2. The summed E-state index contributed by atoms with van der Waals surface area (Å²) < 4.78 is 7.44. The van der Waals surface area contributed by atoms with Gasteiger partial charge in [0.15, 0.2) is 12.2 Å². The van der Waals surface area contributed by atoms with E-state index in [0.717, 1.165) is 28.5 Å². The standard InChI is InChI=1S/C28H33N5O4/c1-18-13-14-19(2)33(18)23-12-8-11-21(30-23)15-16-29-26(34)24-25(37-24)27(35)31-22(28(36)32(3)4)17-20-9-6-5-7-10-20/h5-14,22,24-25H,15-17H2,1-4H3,(H,29,34)(H,31,35)/t22-,24-,25-/m0/s1. The van der Waals surface area contributed by atoms with Gasteiger partial charge in [0.1, 0.15) is 11.9 Å². The third kappa shape index (κ3) is 6.42. The molecule has 1 aliphatic heterocycles. The molecule has 2 N–H and O–H groups in total. The third-order valence-corrected chi connectivity index (χ3v) is 6.32. The monoisotopic (exact) mass is 503 g/mol. The molecule has 3 aromatic rings. The summed E-state index contributed by atoms with van der Waals surface area (Å²) in [6, 6.07) is 18.6. The quantitative estimate of drug-likeness (QED) is 0.410. The number of pyridine rings is 1. The lowest BCUT2D eigenvalue weighted by molar-refractivity contribution is -0.134. The molecule has 37 heavy (non-hydrogen) atoms. The molecule has 1 aromatic carbocycles. The Morgan fingerprint density at radius 3 is 2.30 bits per heavy atom. The molecule has 1 aliphatic rings. The Bertz CT molecular complexity index is 1250. The third-order valence-electron chi connectivity index (χ3n) is 6.32. The van der Waals surface area contributed by atoms with Gasteiger partial charge >= 0.3 is 0 Å². The molecule has 0 bridgehead atoms. The van der Waals surface area contributed by atoms with Gasteiger partial charge in [0.25, 0.3) is 11.8 Å². The zero-order valence-electron chi connectivity index (χ0n) is 21.6. The van der Waals surface area contributed by atoms with Crippen molar-refractivity contribution in [2.45, 2.75) is 44.9 Å². The molecule has 9 nitrogen and oxygen atoms in total. The number of nitrogens with zero attached hydrogens (tertiary/aromatic N) is 3. The van der Waals surface area contributed by atoms with Crippen LogP contribution in [0.2, 0.25) is 0 Å². The first-order valence-electron chi connectivity index (χ1n) is 12.3. The number of rotatable bonds is 10. The van der Waals surface area contributed by atoms with Crippen LogP contribution in [0.25, 0.3) is 5.82 Å². The molecule has 3 heterocycles. The van der Waals surface area contributed by atoms with Crippen LogP contribution in [0.5, 0.6) is 0 Å². The van der Waals surface area contributed by atoms with Crippen LogP contribution in [0.1, 0.15) is 22.6 Å². The summed E-state index contributed by atoms with van der Waals surface area (Å²) in [5, 5.41) is 5.58. The highest BCUT2D eigenvalue weighted by molar-refractivity contribution is 5.97. The van der Waals surface area contributed by atoms with E-state index in [1.54, 1.807) is 14.1 Å². The molecule has 0 radical (unpaired) electrons. The van der Waals surface area contributed by atoms with E-state index in [2.05, 4.69) is 15.2 Å². The van der Waals surface area contributed by atoms with Crippen LogP contribution in [0.4, 0.5) is 0 Å². The van der Waals surface area contributed by atoms with Gasteiger partial charge < -0.3 is 24.8 Å². The fourth-order valence-corrected chi connectivity index (χ4v) is 4.30. The highest BCUT2D eigenvalue weighted by atomic mass is 16.6. The van der Waals surface area contributed by atoms with Gasteiger partial charge in [0.2, 0.25) is 5.91 Å². The predicted molar refractivity (Wildman–Crippen MR) is 139 cm³/mol. The first kappa shape index (κ1) is 26.1. The lowest BCUT2D eigenvalue weighted by Crippen LogP contribution is -2.49. The normalized spacial score (nSPS) is 17.1. The maximum Gasteiger partial charge on any atom is 0.253 e. The molecule has 0 unspecified atom stereocenters. The van der Waals surface area contributed by atoms with Crippen LogP contribution in [0.3, 0.4) is 0 Å². The van der Waals surface area contributed by atoms with Crippen LogP contribution >= 0.6 is 0 Å². The van der Waals surface area contributed by atoms with Crippen molar-refractivity contribution in [3.8, 4) is 5.82 Å². The molecule has 1 saturated heterocycles. The highest BCUT2D eigenvalue weighted by Gasteiger charge is 2.50. The summed E-state index contributed by atoms with van der Waals surface area (Å²) in [5.41, 5.74) is 3.98. The van der Waals surface area contributed by atoms with Gasteiger partial charge in [0, 0.05) is 50.6 Å². The predicted octanol–water partition coefficient (Wildman–Crippen LogP) is 1.73. The number of hydrogen-bond donors (Lipinski definition) is 2. The summed E-state index contributed by atoms with van der Waals surface area (Å²) in [6.45, 7) is 4.43. The SMILES string of the molecule is Cc1ccc(C)n1-c1cccc(CCNC(=O)[C@H]2O[C@@H]2C(=O)N[C@@H](Cc2ccccc2)C(=O)N(C)C)n1. The van der Waals surface area contributed by atoms with Crippen LogP contribution in [-0.4, -0.2) is 71.1 Å². The number of carbonyl (C=O) groups is 3. The van der Waals surface area contributed by atoms with Crippen molar-refractivity contribution in [1.29, 1.82) is 0 Å². The molecule has 0 saturated carbocycles. The van der Waals surface area contributed by atoms with Gasteiger partial charge in [-0.25, -0.2) is 4.98 Å². The first-order valence-corrected chi connectivity index (χ1v) is 12.3. The Morgan fingerprint density at radius 1 is 0.946 bits per heavy atom. The smallest absolute Gasteiger partial charge is 0.253 e. The number of ether oxygens (including phenoxy) is 1. The summed E-state index contributed by atoms with van der Waals surface area (Å²) in [5.74, 6) is -0.211. The van der Waals surface area contributed by atoms with Crippen molar-refractivity contribution >= 4 is 17.7 Å². The molecule has 2 aromatic heterocycles. The lowest BCUT2D eigenvalue weighted by atomic mass is 10.0. The second-order valence-corrected chi connectivity index (χ2v) is 9.44. The Morgan fingerprint density at radius 2 is 1.62 bits per heavy atom. The number of hydrogen-bond acceptors (Lipinski definition) is 5. The first-order chi connectivity index (χ1) is 17.7. The Hall–Kier alpha value is -3.98. The average molecular weight is 504 g/mol. The van der Waals surface area contributed by atoms with Crippen molar-refractivity contribution < 1.29 is 19.1 Å². The van der Waals surface area contributed by atoms with E-state index in [-0.39, 0.29) is 11.8 Å². The van der Waals surface area contributed by atoms with E-state index in [1.165, 1.54) is 4.90 Å². The number of amides is 3. The van der Waals surface area contributed by atoms with Crippen LogP contribution < -0.4 is 10.6 Å². The van der Waals surface area contributed by atoms with E-state index in [0.29, 0.717) is 19.4 Å². The molecule has 194 valence electrons. The fraction of sp³-hybridized carbons (Fsp3) is 0.357. The number of benzene rings is 1. The second-order valence-electron chi connectivity index (χ2n) is 9.44. The summed E-state index contributed by atoms with van der Waals surface area (Å²) in [4.78, 5) is 44.1. The molecular weight excluding hydrogens is 470 g/mol. The van der Waals surface area contributed by atoms with E-state index < -0.39 is 24.2 Å². The number of carbonyl (C=O) groups excluding carboxylic acids is 3. The molecule has 9 heteroatoms. The van der Waals surface area contributed by atoms with Crippen LogP contribution in [-0.2, 0) is 32.0 Å². The molecule has 1 fully saturated rings. The van der Waals surface area contributed by atoms with E-state index >= 15 is 0 Å². The van der Waals surface area contributed by atoms with Gasteiger partial charge in [-0.05, 0) is 43.7 Å². The largest absolute Gasteiger partial charge is 0.353 e. The lowest BCUT2D eigenvalue weighted by Gasteiger charge is -2.21. The summed E-state index contributed by atoms with van der Waals surface area (Å²) >= 11 is 0. The van der Waals surface area contributed by atoms with Crippen molar-refractivity contribution in [2.24, 2.45) is 0 Å². The number of epoxide rings is 1. The molecule has 3 atom stereocenters. The van der Waals surface area contributed by atoms with Gasteiger partial charge in [0.05, 0.1) is 0 Å². The number of likely N-dealkylation sites (N-methyl/N-ethyl adjacent to an activating group) is 1. The average Bonchev–Trinajstić information content (AvgIpc) is 3.62. The van der Waals surface area contributed by atoms with Crippen molar-refractivity contribution in [3.05, 3.63) is 83.3 Å². The van der Waals surface area contributed by atoms with Crippen LogP contribution in [0.15, 0.2) is 60.7 Å². The van der Waals surface area contributed by atoms with Gasteiger partial charge in [-0.2, -0.15) is 0 Å². The van der Waals surface area contributed by atoms with Crippen molar-refractivity contribution in [1.82, 2.24) is 25.1 Å². The van der Waals surface area contributed by atoms with E-state index in [1.807, 2.05) is 74.5 Å². The van der Waals surface area contributed by atoms with Crippen molar-refractivity contribution in [2.75, 3.05) is 20.6 Å². The van der Waals surface area contributed by atoms with E-state index in [9.17, 15) is 14.4 Å². The highest BCUT2D eigenvalue weighted by Crippen LogP contribution is 2.23. The van der Waals surface area contributed by atoms with Gasteiger partial charge in [-0.3, -0.25) is 14.4 Å². The van der Waals surface area contributed by atoms with Gasteiger partial charge in [-0.15, -0.1) is 0 Å². The topological polar surface area (TPSA) is 109 Å². The minimum atomic E-state index is -0.908.